The number of para-hydroxylation sites is 1. The molecule has 0 aromatic heterocycles. The fourth-order valence-corrected chi connectivity index (χ4v) is 3.04. The molecular weight excluding hydrogens is 345 g/mol. The Morgan fingerprint density at radius 1 is 0.923 bits per heavy atom. The van der Waals surface area contributed by atoms with Crippen molar-refractivity contribution in [2.45, 2.75) is 11.8 Å². The first kappa shape index (κ1) is 18.0. The minimum absolute atomic E-state index is 0.308. The molecular formula is C22H18FNOS. The zero-order valence-electron chi connectivity index (χ0n) is 14.3. The summed E-state index contributed by atoms with van der Waals surface area (Å²) in [5.41, 5.74) is 1.42. The van der Waals surface area contributed by atoms with Gasteiger partial charge in [0.05, 0.1) is 11.9 Å². The van der Waals surface area contributed by atoms with Crippen LogP contribution in [0.25, 0.3) is 0 Å². The van der Waals surface area contributed by atoms with E-state index in [9.17, 15) is 4.39 Å². The van der Waals surface area contributed by atoms with Crippen LogP contribution in [0.2, 0.25) is 0 Å². The molecule has 2 nitrogen and oxygen atoms in total. The molecule has 0 saturated carbocycles. The second-order valence-electron chi connectivity index (χ2n) is 5.54. The van der Waals surface area contributed by atoms with Crippen LogP contribution >= 0.6 is 11.8 Å². The fraction of sp³-hybridized carbons (Fsp3) is 0.0455. The molecule has 4 heteroatoms. The summed E-state index contributed by atoms with van der Waals surface area (Å²) in [6, 6.07) is 25.7. The van der Waals surface area contributed by atoms with Gasteiger partial charge in [-0.1, -0.05) is 54.2 Å². The Balaban J connectivity index is 1.88. The van der Waals surface area contributed by atoms with E-state index in [-0.39, 0.29) is 5.82 Å². The van der Waals surface area contributed by atoms with Gasteiger partial charge < -0.3 is 4.74 Å². The number of halogens is 1. The number of nitrogens with zero attached hydrogens (tertiary/aromatic N) is 1. The Hall–Kier alpha value is -2.85. The zero-order chi connectivity index (χ0) is 18.2. The van der Waals surface area contributed by atoms with Crippen LogP contribution in [0.5, 0.6) is 5.75 Å². The Morgan fingerprint density at radius 3 is 2.31 bits per heavy atom. The first-order chi connectivity index (χ1) is 12.7. The highest BCUT2D eigenvalue weighted by Crippen LogP contribution is 2.27. The molecule has 0 heterocycles. The average Bonchev–Trinajstić information content (AvgIpc) is 2.67. The quantitative estimate of drug-likeness (QED) is 0.220. The number of hydrogen-bond donors (Lipinski definition) is 0. The number of thioether (sulfide) groups is 1. The Kier molecular flexibility index (Phi) is 6.23. The lowest BCUT2D eigenvalue weighted by atomic mass is 10.3. The first-order valence-electron chi connectivity index (χ1n) is 8.17. The number of benzene rings is 3. The number of hydrogen-bond acceptors (Lipinski definition) is 3. The Labute approximate surface area is 157 Å². The van der Waals surface area contributed by atoms with E-state index in [1.807, 2.05) is 67.6 Å². The van der Waals surface area contributed by atoms with Crippen LogP contribution in [-0.2, 0) is 0 Å². The van der Waals surface area contributed by atoms with Gasteiger partial charge in [-0.3, -0.25) is 0 Å². The van der Waals surface area contributed by atoms with Crippen molar-refractivity contribution in [3.63, 3.8) is 0 Å². The van der Waals surface area contributed by atoms with Gasteiger partial charge in [-0.15, -0.1) is 0 Å². The van der Waals surface area contributed by atoms with Crippen LogP contribution in [0, 0.1) is 5.82 Å². The molecule has 0 saturated heterocycles. The predicted molar refractivity (Wildman–Crippen MR) is 107 cm³/mol. The highest BCUT2D eigenvalue weighted by molar-refractivity contribution is 8.14. The smallest absolute Gasteiger partial charge is 0.126 e. The molecule has 0 aliphatic heterocycles. The summed E-state index contributed by atoms with van der Waals surface area (Å²) in [5, 5.41) is 0.748. The van der Waals surface area contributed by atoms with Crippen molar-refractivity contribution in [1.29, 1.82) is 0 Å². The van der Waals surface area contributed by atoms with E-state index in [2.05, 4.69) is 4.99 Å². The first-order valence-corrected chi connectivity index (χ1v) is 8.98. The van der Waals surface area contributed by atoms with Gasteiger partial charge in [0.25, 0.3) is 0 Å². The lowest BCUT2D eigenvalue weighted by Crippen LogP contribution is -1.97. The largest absolute Gasteiger partial charge is 0.465 e. The molecule has 0 atom stereocenters. The van der Waals surface area contributed by atoms with E-state index in [4.69, 9.17) is 4.74 Å². The van der Waals surface area contributed by atoms with Gasteiger partial charge in [-0.2, -0.15) is 0 Å². The summed E-state index contributed by atoms with van der Waals surface area (Å²) in [6.07, 6.45) is 1.67. The highest BCUT2D eigenvalue weighted by atomic mass is 32.2. The van der Waals surface area contributed by atoms with Crippen LogP contribution in [0.3, 0.4) is 0 Å². The molecule has 26 heavy (non-hydrogen) atoms. The highest BCUT2D eigenvalue weighted by Gasteiger charge is 2.07. The van der Waals surface area contributed by atoms with Gasteiger partial charge in [-0.05, 0) is 49.4 Å². The number of rotatable bonds is 5. The molecule has 0 aliphatic carbocycles. The van der Waals surface area contributed by atoms with Crippen LogP contribution in [0.15, 0.2) is 107 Å². The molecule has 0 spiro atoms. The van der Waals surface area contributed by atoms with E-state index in [0.717, 1.165) is 21.3 Å². The monoisotopic (exact) mass is 363 g/mol. The van der Waals surface area contributed by atoms with Gasteiger partial charge in [0.15, 0.2) is 0 Å². The van der Waals surface area contributed by atoms with E-state index in [1.165, 1.54) is 23.9 Å². The van der Waals surface area contributed by atoms with Gasteiger partial charge >= 0.3 is 0 Å². The van der Waals surface area contributed by atoms with Crippen molar-refractivity contribution < 1.29 is 9.13 Å². The van der Waals surface area contributed by atoms with Gasteiger partial charge in [-0.25, -0.2) is 9.38 Å². The van der Waals surface area contributed by atoms with E-state index < -0.39 is 0 Å². The molecule has 3 rings (SSSR count). The maximum atomic E-state index is 13.5. The third kappa shape index (κ3) is 5.33. The van der Waals surface area contributed by atoms with Crippen LogP contribution in [0.4, 0.5) is 10.1 Å². The second kappa shape index (κ2) is 9.02. The normalized spacial score (nSPS) is 12.1. The molecule has 0 aliphatic rings. The van der Waals surface area contributed by atoms with Crippen LogP contribution in [-0.4, -0.2) is 5.04 Å². The molecule has 0 radical (unpaired) electrons. The van der Waals surface area contributed by atoms with Crippen molar-refractivity contribution in [2.24, 2.45) is 4.99 Å². The van der Waals surface area contributed by atoms with E-state index in [0.29, 0.717) is 5.69 Å². The summed E-state index contributed by atoms with van der Waals surface area (Å²) in [5.74, 6) is 0.444. The molecule has 0 unspecified atom stereocenters. The van der Waals surface area contributed by atoms with Crippen molar-refractivity contribution in [3.05, 3.63) is 103 Å². The minimum atomic E-state index is -0.308. The lowest BCUT2D eigenvalue weighted by Gasteiger charge is -2.08. The summed E-state index contributed by atoms with van der Waals surface area (Å²) in [6.45, 7) is 1.93. The SMILES string of the molecule is C/C(=C\Oc1ccccc1)C(=Nc1cccc(F)c1)Sc1ccccc1. The van der Waals surface area contributed by atoms with E-state index >= 15 is 0 Å². The second-order valence-corrected chi connectivity index (χ2v) is 6.61. The summed E-state index contributed by atoms with van der Waals surface area (Å²) in [4.78, 5) is 5.67. The van der Waals surface area contributed by atoms with Gasteiger partial charge in [0, 0.05) is 10.5 Å². The van der Waals surface area contributed by atoms with Crippen molar-refractivity contribution in [2.75, 3.05) is 0 Å². The molecule has 130 valence electrons. The molecule has 3 aromatic rings. The van der Waals surface area contributed by atoms with Crippen LogP contribution in [0.1, 0.15) is 6.92 Å². The maximum Gasteiger partial charge on any atom is 0.126 e. The van der Waals surface area contributed by atoms with E-state index in [1.54, 1.807) is 18.4 Å². The molecule has 0 fully saturated rings. The van der Waals surface area contributed by atoms with Crippen molar-refractivity contribution in [1.82, 2.24) is 0 Å². The predicted octanol–water partition coefficient (Wildman–Crippen LogP) is 6.63. The minimum Gasteiger partial charge on any atom is -0.465 e. The Bertz CT molecular complexity index is 908. The third-order valence-corrected chi connectivity index (χ3v) is 4.56. The number of aliphatic imine (C=N–C) groups is 1. The zero-order valence-corrected chi connectivity index (χ0v) is 15.1. The van der Waals surface area contributed by atoms with Crippen molar-refractivity contribution >= 4 is 22.5 Å². The summed E-state index contributed by atoms with van der Waals surface area (Å²) in [7, 11) is 0. The van der Waals surface area contributed by atoms with Crippen LogP contribution < -0.4 is 4.74 Å². The summed E-state index contributed by atoms with van der Waals surface area (Å²) < 4.78 is 19.2. The molecule has 0 amide bonds. The van der Waals surface area contributed by atoms with Crippen molar-refractivity contribution in [3.8, 4) is 5.75 Å². The van der Waals surface area contributed by atoms with Gasteiger partial charge in [0.1, 0.15) is 16.6 Å². The maximum absolute atomic E-state index is 13.5. The molecule has 0 bridgehead atoms. The fourth-order valence-electron chi connectivity index (χ4n) is 2.16. The lowest BCUT2D eigenvalue weighted by molar-refractivity contribution is 0.478. The topological polar surface area (TPSA) is 21.6 Å². The summed E-state index contributed by atoms with van der Waals surface area (Å²) >= 11 is 1.51. The average molecular weight is 363 g/mol. The third-order valence-electron chi connectivity index (χ3n) is 3.45. The Morgan fingerprint density at radius 2 is 1.62 bits per heavy atom. The molecule has 0 N–H and O–H groups in total. The number of ether oxygens (including phenoxy) is 1. The van der Waals surface area contributed by atoms with Gasteiger partial charge in [0.2, 0.25) is 0 Å². The molecule has 3 aromatic carbocycles. The standard InChI is InChI=1S/C22H18FNOS/c1-17(16-25-20-11-4-2-5-12-20)22(26-21-13-6-3-7-14-21)24-19-10-8-9-18(23)15-19/h2-16H,1H3/b17-16+,24-22?.